The van der Waals surface area contributed by atoms with Gasteiger partial charge in [0.1, 0.15) is 11.8 Å². The number of pyridine rings is 1. The fourth-order valence-corrected chi connectivity index (χ4v) is 1.99. The second kappa shape index (κ2) is 5.39. The smallest absolute Gasteiger partial charge is 0.140 e. The molecule has 1 rings (SSSR count). The van der Waals surface area contributed by atoms with E-state index in [0.717, 1.165) is 5.56 Å². The first-order chi connectivity index (χ1) is 7.84. The quantitative estimate of drug-likeness (QED) is 0.894. The number of rotatable bonds is 3. The number of nitrogens with one attached hydrogen (secondary N) is 1. The van der Waals surface area contributed by atoms with Gasteiger partial charge in [-0.15, -0.1) is 0 Å². The maximum atomic E-state index is 11.9. The molecule has 0 aromatic carbocycles. The van der Waals surface area contributed by atoms with Crippen LogP contribution in [0.15, 0.2) is 18.3 Å². The minimum Gasteiger partial charge on any atom is -0.246 e. The van der Waals surface area contributed by atoms with E-state index in [9.17, 15) is 4.21 Å². The van der Waals surface area contributed by atoms with Crippen LogP contribution in [-0.4, -0.2) is 13.9 Å². The molecule has 0 bridgehead atoms. The molecule has 0 fully saturated rings. The zero-order valence-electron chi connectivity index (χ0n) is 10.5. The average molecular weight is 251 g/mol. The van der Waals surface area contributed by atoms with Gasteiger partial charge in [-0.05, 0) is 45.4 Å². The molecule has 0 amide bonds. The molecule has 1 aromatic heterocycles. The van der Waals surface area contributed by atoms with Gasteiger partial charge in [-0.2, -0.15) is 5.26 Å². The zero-order valence-corrected chi connectivity index (χ0v) is 11.3. The molecule has 0 saturated carbocycles. The van der Waals surface area contributed by atoms with Crippen LogP contribution < -0.4 is 4.72 Å². The fraction of sp³-hybridized carbons (Fsp3) is 0.500. The minimum absolute atomic E-state index is 0.0786. The summed E-state index contributed by atoms with van der Waals surface area (Å²) in [6.07, 6.45) is 1.59. The summed E-state index contributed by atoms with van der Waals surface area (Å²) in [6, 6.07) is 5.44. The van der Waals surface area contributed by atoms with Crippen molar-refractivity contribution in [3.8, 4) is 6.07 Å². The Hall–Kier alpha value is -1.25. The Kier molecular flexibility index (Phi) is 4.38. The van der Waals surface area contributed by atoms with E-state index in [1.165, 1.54) is 0 Å². The standard InChI is InChI=1S/C12H17N3OS/c1-9(15-17(16)12(2,3)4)10-5-6-14-11(7-10)8-13/h5-7,9,15H,1-4H3/t9-,17-/m0/s1. The molecule has 0 saturated heterocycles. The molecule has 1 N–H and O–H groups in total. The molecule has 0 aliphatic rings. The van der Waals surface area contributed by atoms with Crippen molar-refractivity contribution in [2.75, 3.05) is 0 Å². The molecule has 1 aromatic rings. The molecule has 4 nitrogen and oxygen atoms in total. The molecule has 92 valence electrons. The Labute approximate surface area is 105 Å². The van der Waals surface area contributed by atoms with Gasteiger partial charge < -0.3 is 0 Å². The summed E-state index contributed by atoms with van der Waals surface area (Å²) in [4.78, 5) is 3.90. The predicted molar refractivity (Wildman–Crippen MR) is 68.4 cm³/mol. The summed E-state index contributed by atoms with van der Waals surface area (Å²) in [6.45, 7) is 7.66. The highest BCUT2D eigenvalue weighted by Gasteiger charge is 2.21. The van der Waals surface area contributed by atoms with Gasteiger partial charge in [0, 0.05) is 12.2 Å². The van der Waals surface area contributed by atoms with Crippen molar-refractivity contribution in [1.82, 2.24) is 9.71 Å². The molecule has 1 heterocycles. The van der Waals surface area contributed by atoms with Crippen LogP contribution in [0.1, 0.15) is 45.0 Å². The van der Waals surface area contributed by atoms with Crippen LogP contribution in [0.3, 0.4) is 0 Å². The number of hydrogen-bond donors (Lipinski definition) is 1. The van der Waals surface area contributed by atoms with Crippen molar-refractivity contribution in [1.29, 1.82) is 5.26 Å². The van der Waals surface area contributed by atoms with Crippen LogP contribution in [-0.2, 0) is 11.0 Å². The predicted octanol–water partition coefficient (Wildman–Crippen LogP) is 2.07. The van der Waals surface area contributed by atoms with E-state index in [1.807, 2.05) is 39.8 Å². The Balaban J connectivity index is 2.80. The Morgan fingerprint density at radius 1 is 1.53 bits per heavy atom. The van der Waals surface area contributed by atoms with Crippen LogP contribution >= 0.6 is 0 Å². The zero-order chi connectivity index (χ0) is 13.1. The first kappa shape index (κ1) is 13.8. The molecular formula is C12H17N3OS. The van der Waals surface area contributed by atoms with E-state index in [-0.39, 0.29) is 10.8 Å². The van der Waals surface area contributed by atoms with Crippen molar-refractivity contribution < 1.29 is 4.21 Å². The molecule has 0 spiro atoms. The maximum Gasteiger partial charge on any atom is 0.140 e. The van der Waals surface area contributed by atoms with Crippen LogP contribution in [0.4, 0.5) is 0 Å². The van der Waals surface area contributed by atoms with E-state index in [1.54, 1.807) is 12.3 Å². The van der Waals surface area contributed by atoms with E-state index in [2.05, 4.69) is 9.71 Å². The van der Waals surface area contributed by atoms with Gasteiger partial charge in [-0.25, -0.2) is 13.9 Å². The maximum absolute atomic E-state index is 11.9. The van der Waals surface area contributed by atoms with Crippen LogP contribution in [0.25, 0.3) is 0 Å². The molecule has 0 radical (unpaired) electrons. The van der Waals surface area contributed by atoms with Crippen LogP contribution in [0.2, 0.25) is 0 Å². The number of nitriles is 1. The lowest BCUT2D eigenvalue weighted by Crippen LogP contribution is -2.34. The molecule has 5 heteroatoms. The van der Waals surface area contributed by atoms with E-state index < -0.39 is 11.0 Å². The van der Waals surface area contributed by atoms with Gasteiger partial charge in [0.15, 0.2) is 0 Å². The fourth-order valence-electron chi connectivity index (χ4n) is 1.18. The lowest BCUT2D eigenvalue weighted by Gasteiger charge is -2.22. The van der Waals surface area contributed by atoms with E-state index in [4.69, 9.17) is 5.26 Å². The number of nitrogens with zero attached hydrogens (tertiary/aromatic N) is 2. The highest BCUT2D eigenvalue weighted by atomic mass is 32.2. The normalized spacial score (nSPS) is 15.0. The van der Waals surface area contributed by atoms with Crippen molar-refractivity contribution >= 4 is 11.0 Å². The highest BCUT2D eigenvalue weighted by molar-refractivity contribution is 7.84. The van der Waals surface area contributed by atoms with Crippen LogP contribution in [0.5, 0.6) is 0 Å². The van der Waals surface area contributed by atoms with Crippen molar-refractivity contribution in [2.24, 2.45) is 0 Å². The monoisotopic (exact) mass is 251 g/mol. The van der Waals surface area contributed by atoms with Gasteiger partial charge in [-0.1, -0.05) is 0 Å². The Bertz CT molecular complexity index is 460. The van der Waals surface area contributed by atoms with Gasteiger partial charge in [0.2, 0.25) is 0 Å². The first-order valence-electron chi connectivity index (χ1n) is 5.38. The lowest BCUT2D eigenvalue weighted by atomic mass is 10.1. The summed E-state index contributed by atoms with van der Waals surface area (Å²) in [5.41, 5.74) is 1.28. The largest absolute Gasteiger partial charge is 0.246 e. The van der Waals surface area contributed by atoms with Crippen molar-refractivity contribution in [3.63, 3.8) is 0 Å². The summed E-state index contributed by atoms with van der Waals surface area (Å²) < 4.78 is 14.6. The lowest BCUT2D eigenvalue weighted by molar-refractivity contribution is 0.616. The number of aromatic nitrogens is 1. The first-order valence-corrected chi connectivity index (χ1v) is 6.53. The summed E-state index contributed by atoms with van der Waals surface area (Å²) in [5, 5.41) is 8.76. The van der Waals surface area contributed by atoms with E-state index >= 15 is 0 Å². The highest BCUT2D eigenvalue weighted by Crippen LogP contribution is 2.16. The van der Waals surface area contributed by atoms with Gasteiger partial charge in [0.25, 0.3) is 0 Å². The van der Waals surface area contributed by atoms with Gasteiger partial charge in [-0.3, -0.25) is 0 Å². The van der Waals surface area contributed by atoms with Crippen molar-refractivity contribution in [3.05, 3.63) is 29.6 Å². The molecule has 17 heavy (non-hydrogen) atoms. The Morgan fingerprint density at radius 3 is 2.71 bits per heavy atom. The summed E-state index contributed by atoms with van der Waals surface area (Å²) in [5.74, 6) is 0. The summed E-state index contributed by atoms with van der Waals surface area (Å²) >= 11 is 0. The summed E-state index contributed by atoms with van der Waals surface area (Å²) in [7, 11) is -1.13. The molecule has 0 aliphatic heterocycles. The van der Waals surface area contributed by atoms with Gasteiger partial charge >= 0.3 is 0 Å². The SMILES string of the molecule is C[C@H](N[S@@](=O)C(C)(C)C)c1ccnc(C#N)c1. The minimum atomic E-state index is -1.13. The molecular weight excluding hydrogens is 234 g/mol. The third-order valence-corrected chi connectivity index (χ3v) is 3.92. The van der Waals surface area contributed by atoms with E-state index in [0.29, 0.717) is 5.69 Å². The topological polar surface area (TPSA) is 65.8 Å². The molecule has 0 unspecified atom stereocenters. The second-order valence-electron chi connectivity index (χ2n) is 4.81. The molecule has 2 atom stereocenters. The third-order valence-electron chi connectivity index (χ3n) is 2.24. The number of hydrogen-bond acceptors (Lipinski definition) is 3. The second-order valence-corrected chi connectivity index (χ2v) is 6.80. The molecule has 0 aliphatic carbocycles. The van der Waals surface area contributed by atoms with Crippen molar-refractivity contribution in [2.45, 2.75) is 38.5 Å². The van der Waals surface area contributed by atoms with Gasteiger partial charge in [0.05, 0.1) is 15.7 Å². The average Bonchev–Trinajstić information content (AvgIpc) is 2.27. The van der Waals surface area contributed by atoms with Crippen LogP contribution in [0, 0.1) is 11.3 Å². The Morgan fingerprint density at radius 2 is 2.18 bits per heavy atom. The third kappa shape index (κ3) is 3.91.